The second-order valence-electron chi connectivity index (χ2n) is 7.95. The van der Waals surface area contributed by atoms with Crippen LogP contribution in [0.2, 0.25) is 0 Å². The van der Waals surface area contributed by atoms with E-state index in [-0.39, 0.29) is 5.41 Å². The molecule has 2 aromatic rings. The van der Waals surface area contributed by atoms with E-state index in [4.69, 9.17) is 17.0 Å². The van der Waals surface area contributed by atoms with E-state index in [9.17, 15) is 0 Å². The minimum atomic E-state index is 0.0272. The molecule has 1 aromatic heterocycles. The maximum Gasteiger partial charge on any atom is 0.231 e. The van der Waals surface area contributed by atoms with Gasteiger partial charge >= 0.3 is 0 Å². The summed E-state index contributed by atoms with van der Waals surface area (Å²) < 4.78 is 5.62. The Morgan fingerprint density at radius 2 is 1.86 bits per heavy atom. The molecule has 0 atom stereocenters. The molecule has 2 aliphatic heterocycles. The number of nitrogens with zero attached hydrogens (tertiary/aromatic N) is 3. The summed E-state index contributed by atoms with van der Waals surface area (Å²) in [7, 11) is 0. The number of thiocarbonyl (C=S) groups is 1. The van der Waals surface area contributed by atoms with Gasteiger partial charge in [-0.2, -0.15) is 4.98 Å². The van der Waals surface area contributed by atoms with Crippen LogP contribution in [0, 0.1) is 6.92 Å². The van der Waals surface area contributed by atoms with Crippen LogP contribution in [0.5, 0.6) is 0 Å². The van der Waals surface area contributed by atoms with Crippen LogP contribution in [0.3, 0.4) is 0 Å². The van der Waals surface area contributed by atoms with Gasteiger partial charge in [0.1, 0.15) is 5.82 Å². The van der Waals surface area contributed by atoms with Gasteiger partial charge in [-0.15, -0.1) is 0 Å². The van der Waals surface area contributed by atoms with Crippen LogP contribution in [0.4, 0.5) is 11.8 Å². The molecule has 3 heterocycles. The minimum absolute atomic E-state index is 0.0272. The standard InChI is InChI=1S/C22H29N5OS/c1-17-15-19(27-11-5-6-12-27)25-20(24-17)26-21(29)23-16-22(9-13-28-14-10-22)18-7-3-2-4-8-18/h2-4,7-8,15H,5-6,9-14,16H2,1H3,(H2,23,24,25,26,29). The van der Waals surface area contributed by atoms with Crippen molar-refractivity contribution in [1.82, 2.24) is 15.3 Å². The lowest BCUT2D eigenvalue weighted by molar-refractivity contribution is 0.0515. The van der Waals surface area contributed by atoms with Gasteiger partial charge in [0, 0.05) is 50.0 Å². The molecule has 0 amide bonds. The van der Waals surface area contributed by atoms with Crippen LogP contribution in [0.15, 0.2) is 36.4 Å². The number of anilines is 2. The summed E-state index contributed by atoms with van der Waals surface area (Å²) in [4.78, 5) is 11.5. The molecule has 1 aromatic carbocycles. The molecule has 0 unspecified atom stereocenters. The van der Waals surface area contributed by atoms with E-state index in [2.05, 4.69) is 55.8 Å². The van der Waals surface area contributed by atoms with Gasteiger partial charge < -0.3 is 20.3 Å². The molecular weight excluding hydrogens is 382 g/mol. The normalized spacial score (nSPS) is 18.4. The van der Waals surface area contributed by atoms with Crippen LogP contribution in [-0.2, 0) is 10.2 Å². The highest BCUT2D eigenvalue weighted by Crippen LogP contribution is 2.34. The highest BCUT2D eigenvalue weighted by molar-refractivity contribution is 7.80. The molecule has 29 heavy (non-hydrogen) atoms. The maximum atomic E-state index is 5.62. The molecule has 2 N–H and O–H groups in total. The Kier molecular flexibility index (Phi) is 6.25. The summed E-state index contributed by atoms with van der Waals surface area (Å²) in [5, 5.41) is 7.17. The number of rotatable bonds is 5. The average molecular weight is 412 g/mol. The zero-order chi connectivity index (χ0) is 20.1. The average Bonchev–Trinajstić information content (AvgIpc) is 3.28. The Morgan fingerprint density at radius 1 is 1.14 bits per heavy atom. The zero-order valence-electron chi connectivity index (χ0n) is 17.0. The summed E-state index contributed by atoms with van der Waals surface area (Å²) in [5.41, 5.74) is 2.30. The first-order chi connectivity index (χ1) is 14.1. The SMILES string of the molecule is Cc1cc(N2CCCC2)nc(NC(=S)NCC2(c3ccccc3)CCOCC2)n1. The van der Waals surface area contributed by atoms with Crippen molar-refractivity contribution in [2.24, 2.45) is 0 Å². The quantitative estimate of drug-likeness (QED) is 0.731. The lowest BCUT2D eigenvalue weighted by Gasteiger charge is -2.38. The van der Waals surface area contributed by atoms with Crippen LogP contribution < -0.4 is 15.5 Å². The highest BCUT2D eigenvalue weighted by atomic mass is 32.1. The first-order valence-electron chi connectivity index (χ1n) is 10.4. The lowest BCUT2D eigenvalue weighted by Crippen LogP contribution is -2.45. The smallest absolute Gasteiger partial charge is 0.231 e. The number of benzene rings is 1. The number of hydrogen-bond acceptors (Lipinski definition) is 5. The van der Waals surface area contributed by atoms with Crippen molar-refractivity contribution >= 4 is 29.1 Å². The van der Waals surface area contributed by atoms with Crippen molar-refractivity contribution < 1.29 is 4.74 Å². The molecule has 6 nitrogen and oxygen atoms in total. The van der Waals surface area contributed by atoms with E-state index in [1.807, 2.05) is 13.0 Å². The third-order valence-corrected chi connectivity index (χ3v) is 6.17. The van der Waals surface area contributed by atoms with E-state index < -0.39 is 0 Å². The van der Waals surface area contributed by atoms with Crippen LogP contribution in [0.1, 0.15) is 36.9 Å². The Labute approximate surface area is 178 Å². The monoisotopic (exact) mass is 411 g/mol. The van der Waals surface area contributed by atoms with Gasteiger partial charge in [0.15, 0.2) is 5.11 Å². The van der Waals surface area contributed by atoms with Gasteiger partial charge in [-0.05, 0) is 50.4 Å². The third-order valence-electron chi connectivity index (χ3n) is 5.92. The van der Waals surface area contributed by atoms with E-state index in [0.29, 0.717) is 11.1 Å². The second-order valence-corrected chi connectivity index (χ2v) is 8.36. The summed E-state index contributed by atoms with van der Waals surface area (Å²) in [6, 6.07) is 12.7. The first-order valence-corrected chi connectivity index (χ1v) is 10.8. The molecule has 7 heteroatoms. The molecule has 0 radical (unpaired) electrons. The van der Waals surface area contributed by atoms with Crippen molar-refractivity contribution in [2.75, 3.05) is 43.1 Å². The molecule has 2 fully saturated rings. The first kappa shape index (κ1) is 20.0. The fraction of sp³-hybridized carbons (Fsp3) is 0.500. The van der Waals surface area contributed by atoms with Gasteiger partial charge in [0.25, 0.3) is 0 Å². The van der Waals surface area contributed by atoms with Crippen molar-refractivity contribution in [3.63, 3.8) is 0 Å². The van der Waals surface area contributed by atoms with Gasteiger partial charge in [-0.25, -0.2) is 4.98 Å². The number of ether oxygens (including phenoxy) is 1. The highest BCUT2D eigenvalue weighted by Gasteiger charge is 2.34. The van der Waals surface area contributed by atoms with E-state index in [1.165, 1.54) is 18.4 Å². The summed E-state index contributed by atoms with van der Waals surface area (Å²) >= 11 is 5.58. The number of hydrogen-bond donors (Lipinski definition) is 2. The van der Waals surface area contributed by atoms with Crippen molar-refractivity contribution in [3.05, 3.63) is 47.7 Å². The molecule has 0 bridgehead atoms. The third kappa shape index (κ3) is 4.85. The van der Waals surface area contributed by atoms with E-state index in [0.717, 1.165) is 57.2 Å². The molecule has 0 aliphatic carbocycles. The molecule has 4 rings (SSSR count). The summed E-state index contributed by atoms with van der Waals surface area (Å²) in [6.45, 7) is 6.42. The Balaban J connectivity index is 1.42. The number of aromatic nitrogens is 2. The molecular formula is C22H29N5OS. The lowest BCUT2D eigenvalue weighted by atomic mass is 9.74. The zero-order valence-corrected chi connectivity index (χ0v) is 17.8. The summed E-state index contributed by atoms with van der Waals surface area (Å²) in [6.07, 6.45) is 4.40. The number of nitrogens with one attached hydrogen (secondary N) is 2. The van der Waals surface area contributed by atoms with E-state index in [1.54, 1.807) is 0 Å². The molecule has 0 spiro atoms. The van der Waals surface area contributed by atoms with Crippen LogP contribution >= 0.6 is 12.2 Å². The molecule has 154 valence electrons. The minimum Gasteiger partial charge on any atom is -0.381 e. The second kappa shape index (κ2) is 9.05. The maximum absolute atomic E-state index is 5.62. The van der Waals surface area contributed by atoms with Gasteiger partial charge in [-0.3, -0.25) is 0 Å². The fourth-order valence-corrected chi connectivity index (χ4v) is 4.40. The van der Waals surface area contributed by atoms with Crippen molar-refractivity contribution in [1.29, 1.82) is 0 Å². The van der Waals surface area contributed by atoms with Gasteiger partial charge in [-0.1, -0.05) is 30.3 Å². The topological polar surface area (TPSA) is 62.3 Å². The van der Waals surface area contributed by atoms with Gasteiger partial charge in [0.2, 0.25) is 5.95 Å². The van der Waals surface area contributed by atoms with E-state index >= 15 is 0 Å². The predicted molar refractivity (Wildman–Crippen MR) is 121 cm³/mol. The molecule has 2 aliphatic rings. The fourth-order valence-electron chi connectivity index (χ4n) is 4.23. The Bertz CT molecular complexity index is 832. The Hall–Kier alpha value is -2.25. The van der Waals surface area contributed by atoms with Crippen molar-refractivity contribution in [2.45, 2.75) is 38.0 Å². The van der Waals surface area contributed by atoms with Crippen LogP contribution in [-0.4, -0.2) is 47.9 Å². The predicted octanol–water partition coefficient (Wildman–Crippen LogP) is 3.42. The molecule has 2 saturated heterocycles. The number of aryl methyl sites for hydroxylation is 1. The molecule has 0 saturated carbocycles. The van der Waals surface area contributed by atoms with Crippen LogP contribution in [0.25, 0.3) is 0 Å². The van der Waals surface area contributed by atoms with Crippen molar-refractivity contribution in [3.8, 4) is 0 Å². The van der Waals surface area contributed by atoms with Gasteiger partial charge in [0.05, 0.1) is 0 Å². The Morgan fingerprint density at radius 3 is 2.59 bits per heavy atom. The largest absolute Gasteiger partial charge is 0.381 e. The summed E-state index contributed by atoms with van der Waals surface area (Å²) in [5.74, 6) is 1.54.